The minimum absolute atomic E-state index is 0.117. The monoisotopic (exact) mass is 268 g/mol. The van der Waals surface area contributed by atoms with Crippen LogP contribution in [0, 0.1) is 0 Å². The Hall–Kier alpha value is -2.17. The summed E-state index contributed by atoms with van der Waals surface area (Å²) in [5, 5.41) is 2.89. The Morgan fingerprint density at radius 1 is 1.15 bits per heavy atom. The van der Waals surface area contributed by atoms with Crippen LogP contribution in [-0.2, 0) is 24.5 Å². The predicted molar refractivity (Wildman–Crippen MR) is 77.2 cm³/mol. The summed E-state index contributed by atoms with van der Waals surface area (Å²) in [6.07, 6.45) is 0. The SMILES string of the molecule is NCc1cccc(NC(=O)c2ccc3c(c2)COC3)c1. The lowest BCUT2D eigenvalue weighted by molar-refractivity contribution is 0.102. The van der Waals surface area contributed by atoms with Crippen LogP contribution < -0.4 is 11.1 Å². The van der Waals surface area contributed by atoms with Crippen LogP contribution in [0.3, 0.4) is 0 Å². The van der Waals surface area contributed by atoms with E-state index in [2.05, 4.69) is 5.32 Å². The fraction of sp³-hybridized carbons (Fsp3) is 0.188. The van der Waals surface area contributed by atoms with Gasteiger partial charge < -0.3 is 15.8 Å². The summed E-state index contributed by atoms with van der Waals surface area (Å²) in [7, 11) is 0. The number of anilines is 1. The van der Waals surface area contributed by atoms with Crippen LogP contribution in [0.25, 0.3) is 0 Å². The normalized spacial score (nSPS) is 13.1. The Kier molecular flexibility index (Phi) is 3.50. The lowest BCUT2D eigenvalue weighted by Crippen LogP contribution is -2.12. The third kappa shape index (κ3) is 2.57. The number of hydrogen-bond acceptors (Lipinski definition) is 3. The van der Waals surface area contributed by atoms with Crippen LogP contribution in [0.5, 0.6) is 0 Å². The molecule has 3 N–H and O–H groups in total. The second kappa shape index (κ2) is 5.45. The molecular formula is C16H16N2O2. The molecule has 102 valence electrons. The van der Waals surface area contributed by atoms with Crippen LogP contribution in [0.2, 0.25) is 0 Å². The van der Waals surface area contributed by atoms with Gasteiger partial charge in [-0.3, -0.25) is 4.79 Å². The van der Waals surface area contributed by atoms with E-state index in [1.807, 2.05) is 42.5 Å². The topological polar surface area (TPSA) is 64.3 Å². The fourth-order valence-corrected chi connectivity index (χ4v) is 2.29. The molecule has 0 spiro atoms. The molecule has 3 rings (SSSR count). The summed E-state index contributed by atoms with van der Waals surface area (Å²) in [6.45, 7) is 1.68. The second-order valence-corrected chi connectivity index (χ2v) is 4.83. The lowest BCUT2D eigenvalue weighted by Gasteiger charge is -2.07. The molecule has 1 amide bonds. The lowest BCUT2D eigenvalue weighted by atomic mass is 10.1. The summed E-state index contributed by atoms with van der Waals surface area (Å²) >= 11 is 0. The molecule has 1 aliphatic heterocycles. The van der Waals surface area contributed by atoms with Gasteiger partial charge in [-0.25, -0.2) is 0 Å². The molecule has 0 radical (unpaired) electrons. The molecule has 1 heterocycles. The van der Waals surface area contributed by atoms with E-state index in [1.165, 1.54) is 0 Å². The number of ether oxygens (including phenoxy) is 1. The van der Waals surface area contributed by atoms with Crippen LogP contribution in [-0.4, -0.2) is 5.91 Å². The second-order valence-electron chi connectivity index (χ2n) is 4.83. The van der Waals surface area contributed by atoms with Gasteiger partial charge in [-0.2, -0.15) is 0 Å². The van der Waals surface area contributed by atoms with E-state index in [0.29, 0.717) is 25.3 Å². The third-order valence-corrected chi connectivity index (χ3v) is 3.40. The zero-order valence-electron chi connectivity index (χ0n) is 11.1. The standard InChI is InChI=1S/C16H16N2O2/c17-8-11-2-1-3-15(6-11)18-16(19)12-4-5-13-9-20-10-14(13)7-12/h1-7H,8-10,17H2,(H,18,19). The van der Waals surface area contributed by atoms with Crippen molar-refractivity contribution in [3.05, 3.63) is 64.7 Å². The van der Waals surface area contributed by atoms with Gasteiger partial charge in [0.05, 0.1) is 13.2 Å². The van der Waals surface area contributed by atoms with Crippen LogP contribution in [0.4, 0.5) is 5.69 Å². The first-order valence-electron chi connectivity index (χ1n) is 6.56. The van der Waals surface area contributed by atoms with Crippen molar-refractivity contribution in [1.29, 1.82) is 0 Å². The average Bonchev–Trinajstić information content (AvgIpc) is 2.94. The van der Waals surface area contributed by atoms with E-state index in [4.69, 9.17) is 10.5 Å². The molecule has 0 aliphatic carbocycles. The van der Waals surface area contributed by atoms with Crippen molar-refractivity contribution in [1.82, 2.24) is 0 Å². The van der Waals surface area contributed by atoms with E-state index in [-0.39, 0.29) is 5.91 Å². The predicted octanol–water partition coefficient (Wildman–Crippen LogP) is 2.43. The van der Waals surface area contributed by atoms with Gasteiger partial charge in [0.1, 0.15) is 0 Å². The Morgan fingerprint density at radius 2 is 2.00 bits per heavy atom. The van der Waals surface area contributed by atoms with E-state index < -0.39 is 0 Å². The van der Waals surface area contributed by atoms with Gasteiger partial charge in [0.15, 0.2) is 0 Å². The summed E-state index contributed by atoms with van der Waals surface area (Å²) in [5.41, 5.74) is 10.2. The molecular weight excluding hydrogens is 252 g/mol. The van der Waals surface area contributed by atoms with Crippen molar-refractivity contribution in [2.75, 3.05) is 5.32 Å². The highest BCUT2D eigenvalue weighted by molar-refractivity contribution is 6.04. The molecule has 4 heteroatoms. The highest BCUT2D eigenvalue weighted by Gasteiger charge is 2.14. The molecule has 2 aromatic carbocycles. The number of hydrogen-bond donors (Lipinski definition) is 2. The van der Waals surface area contributed by atoms with Gasteiger partial charge in [-0.15, -0.1) is 0 Å². The minimum atomic E-state index is -0.117. The van der Waals surface area contributed by atoms with Crippen molar-refractivity contribution < 1.29 is 9.53 Å². The molecule has 0 saturated heterocycles. The van der Waals surface area contributed by atoms with Gasteiger partial charge in [-0.1, -0.05) is 18.2 Å². The zero-order chi connectivity index (χ0) is 13.9. The van der Waals surface area contributed by atoms with Crippen LogP contribution in [0.15, 0.2) is 42.5 Å². The molecule has 4 nitrogen and oxygen atoms in total. The van der Waals surface area contributed by atoms with Crippen molar-refractivity contribution in [2.24, 2.45) is 5.73 Å². The molecule has 1 aliphatic rings. The zero-order valence-corrected chi connectivity index (χ0v) is 11.1. The highest BCUT2D eigenvalue weighted by Crippen LogP contribution is 2.21. The molecule has 2 aromatic rings. The average molecular weight is 268 g/mol. The fourth-order valence-electron chi connectivity index (χ4n) is 2.29. The number of carbonyl (C=O) groups excluding carboxylic acids is 1. The Balaban J connectivity index is 1.79. The number of carbonyl (C=O) groups is 1. The summed E-state index contributed by atoms with van der Waals surface area (Å²) in [5.74, 6) is -0.117. The smallest absolute Gasteiger partial charge is 0.255 e. The number of rotatable bonds is 3. The van der Waals surface area contributed by atoms with Gasteiger partial charge in [0, 0.05) is 17.8 Å². The minimum Gasteiger partial charge on any atom is -0.372 e. The number of nitrogens with two attached hydrogens (primary N) is 1. The van der Waals surface area contributed by atoms with Crippen LogP contribution >= 0.6 is 0 Å². The van der Waals surface area contributed by atoms with E-state index in [1.54, 1.807) is 0 Å². The molecule has 0 fully saturated rings. The van der Waals surface area contributed by atoms with E-state index in [0.717, 1.165) is 22.4 Å². The first-order chi connectivity index (χ1) is 9.76. The summed E-state index contributed by atoms with van der Waals surface area (Å²) in [4.78, 5) is 12.2. The Labute approximate surface area is 117 Å². The Morgan fingerprint density at radius 3 is 2.85 bits per heavy atom. The van der Waals surface area contributed by atoms with Gasteiger partial charge in [-0.05, 0) is 41.0 Å². The number of benzene rings is 2. The van der Waals surface area contributed by atoms with Crippen LogP contribution in [0.1, 0.15) is 27.0 Å². The third-order valence-electron chi connectivity index (χ3n) is 3.40. The maximum Gasteiger partial charge on any atom is 0.255 e. The highest BCUT2D eigenvalue weighted by atomic mass is 16.5. The van der Waals surface area contributed by atoms with Crippen molar-refractivity contribution in [3.8, 4) is 0 Å². The number of nitrogens with one attached hydrogen (secondary N) is 1. The van der Waals surface area contributed by atoms with Gasteiger partial charge >= 0.3 is 0 Å². The molecule has 0 atom stereocenters. The largest absolute Gasteiger partial charge is 0.372 e. The molecule has 20 heavy (non-hydrogen) atoms. The number of amides is 1. The quantitative estimate of drug-likeness (QED) is 0.898. The van der Waals surface area contributed by atoms with E-state index >= 15 is 0 Å². The number of fused-ring (bicyclic) bond motifs is 1. The maximum absolute atomic E-state index is 12.2. The molecule has 0 bridgehead atoms. The van der Waals surface area contributed by atoms with E-state index in [9.17, 15) is 4.79 Å². The van der Waals surface area contributed by atoms with Crippen molar-refractivity contribution in [2.45, 2.75) is 19.8 Å². The molecule has 0 aromatic heterocycles. The first-order valence-corrected chi connectivity index (χ1v) is 6.56. The van der Waals surface area contributed by atoms with Gasteiger partial charge in [0.25, 0.3) is 5.91 Å². The molecule has 0 unspecified atom stereocenters. The van der Waals surface area contributed by atoms with Gasteiger partial charge in [0.2, 0.25) is 0 Å². The summed E-state index contributed by atoms with van der Waals surface area (Å²) in [6, 6.07) is 13.2. The maximum atomic E-state index is 12.2. The van der Waals surface area contributed by atoms with Crippen molar-refractivity contribution >= 4 is 11.6 Å². The first kappa shape index (κ1) is 12.8. The van der Waals surface area contributed by atoms with Crippen molar-refractivity contribution in [3.63, 3.8) is 0 Å². The molecule has 0 saturated carbocycles. The Bertz CT molecular complexity index is 653. The summed E-state index contributed by atoms with van der Waals surface area (Å²) < 4.78 is 5.35.